The fourth-order valence-electron chi connectivity index (χ4n) is 1.69. The van der Waals surface area contributed by atoms with Gasteiger partial charge in [0.1, 0.15) is 23.5 Å². The van der Waals surface area contributed by atoms with Crippen molar-refractivity contribution in [2.45, 2.75) is 13.8 Å². The summed E-state index contributed by atoms with van der Waals surface area (Å²) in [6, 6.07) is 18.5. The first-order chi connectivity index (χ1) is 14.2. The maximum Gasteiger partial charge on any atom is 1.01 e. The minimum Gasteiger partial charge on any atom is -0.542 e. The van der Waals surface area contributed by atoms with E-state index in [0.717, 1.165) is 5.02 Å². The van der Waals surface area contributed by atoms with Gasteiger partial charge in [0.05, 0.1) is 13.2 Å². The first-order valence-electron chi connectivity index (χ1n) is 8.84. The average molecular weight is 447 g/mol. The maximum atomic E-state index is 9.75. The van der Waals surface area contributed by atoms with E-state index < -0.39 is 11.9 Å². The SMILES string of the molecule is C=C(OCC)C(=O)[O-].C=C(OCC)C(=O)[O-].Clc1ccc([Si+2]c2ccccc2)cc1. The van der Waals surface area contributed by atoms with E-state index in [0.29, 0.717) is 22.7 Å². The molecule has 0 amide bonds. The van der Waals surface area contributed by atoms with Gasteiger partial charge in [0.2, 0.25) is 0 Å². The third kappa shape index (κ3) is 13.2. The van der Waals surface area contributed by atoms with Crippen molar-refractivity contribution in [3.05, 3.63) is 84.3 Å². The molecule has 8 heteroatoms. The number of rotatable bonds is 8. The number of ether oxygens (including phenoxy) is 2. The molecule has 0 aromatic heterocycles. The van der Waals surface area contributed by atoms with Gasteiger partial charge in [-0.2, -0.15) is 0 Å². The van der Waals surface area contributed by atoms with Crippen LogP contribution in [0.1, 0.15) is 13.8 Å². The molecule has 0 radical (unpaired) electrons. The molecular weight excluding hydrogens is 424 g/mol. The Morgan fingerprint density at radius 1 is 0.833 bits per heavy atom. The van der Waals surface area contributed by atoms with E-state index in [4.69, 9.17) is 11.6 Å². The van der Waals surface area contributed by atoms with Crippen molar-refractivity contribution in [3.8, 4) is 0 Å². The lowest BCUT2D eigenvalue weighted by Gasteiger charge is -2.04. The Morgan fingerprint density at radius 2 is 1.23 bits per heavy atom. The van der Waals surface area contributed by atoms with E-state index in [1.165, 1.54) is 10.4 Å². The predicted molar refractivity (Wildman–Crippen MR) is 114 cm³/mol. The zero-order valence-electron chi connectivity index (χ0n) is 16.9. The minimum absolute atomic E-state index is 0.312. The van der Waals surface area contributed by atoms with Crippen LogP contribution in [0, 0.1) is 0 Å². The van der Waals surface area contributed by atoms with Crippen LogP contribution in [0.15, 0.2) is 79.3 Å². The Bertz CT molecular complexity index is 778. The first-order valence-corrected chi connectivity index (χ1v) is 10.2. The van der Waals surface area contributed by atoms with Crippen molar-refractivity contribution in [1.82, 2.24) is 0 Å². The molecule has 30 heavy (non-hydrogen) atoms. The van der Waals surface area contributed by atoms with Crippen LogP contribution in [0.5, 0.6) is 0 Å². The van der Waals surface area contributed by atoms with Crippen LogP contribution in [0.25, 0.3) is 0 Å². The van der Waals surface area contributed by atoms with Gasteiger partial charge in [-0.25, -0.2) is 0 Å². The molecule has 0 aliphatic carbocycles. The van der Waals surface area contributed by atoms with Crippen molar-refractivity contribution >= 4 is 43.4 Å². The molecule has 0 heterocycles. The highest BCUT2D eigenvalue weighted by atomic mass is 35.5. The number of carbonyl (C=O) groups is 2. The number of carboxylic acid groups (broad SMARTS) is 2. The van der Waals surface area contributed by atoms with Gasteiger partial charge >= 0.3 is 19.9 Å². The van der Waals surface area contributed by atoms with Crippen LogP contribution in [-0.4, -0.2) is 34.7 Å². The van der Waals surface area contributed by atoms with E-state index in [-0.39, 0.29) is 11.5 Å². The summed E-state index contributed by atoms with van der Waals surface area (Å²) >= 11 is 5.82. The molecule has 0 N–H and O–H groups in total. The summed E-state index contributed by atoms with van der Waals surface area (Å²) in [4.78, 5) is 19.5. The van der Waals surface area contributed by atoms with Crippen LogP contribution in [0.4, 0.5) is 0 Å². The summed E-state index contributed by atoms with van der Waals surface area (Å²) in [6.07, 6.45) is 0. The molecule has 0 atom stereocenters. The topological polar surface area (TPSA) is 98.7 Å². The van der Waals surface area contributed by atoms with Crippen molar-refractivity contribution in [2.24, 2.45) is 0 Å². The number of aliphatic carboxylic acids is 2. The molecule has 0 fully saturated rings. The summed E-state index contributed by atoms with van der Waals surface area (Å²) in [5.41, 5.74) is 0. The number of halogens is 1. The molecule has 2 aromatic rings. The highest BCUT2D eigenvalue weighted by molar-refractivity contribution is 6.67. The number of hydrogen-bond acceptors (Lipinski definition) is 6. The third-order valence-electron chi connectivity index (χ3n) is 3.00. The van der Waals surface area contributed by atoms with Crippen molar-refractivity contribution < 1.29 is 29.3 Å². The van der Waals surface area contributed by atoms with Gasteiger partial charge in [-0.05, 0) is 26.0 Å². The van der Waals surface area contributed by atoms with Crippen LogP contribution in [0.3, 0.4) is 0 Å². The molecule has 0 saturated carbocycles. The molecule has 2 aromatic carbocycles. The number of benzene rings is 2. The highest BCUT2D eigenvalue weighted by Crippen LogP contribution is 2.03. The van der Waals surface area contributed by atoms with Crippen molar-refractivity contribution in [3.63, 3.8) is 0 Å². The van der Waals surface area contributed by atoms with Crippen LogP contribution in [0.2, 0.25) is 5.02 Å². The predicted octanol–water partition coefficient (Wildman–Crippen LogP) is 0.568. The molecule has 158 valence electrons. The average Bonchev–Trinajstić information content (AvgIpc) is 2.72. The zero-order chi connectivity index (χ0) is 22.9. The smallest absolute Gasteiger partial charge is 0.542 e. The van der Waals surface area contributed by atoms with Crippen LogP contribution < -0.4 is 20.6 Å². The van der Waals surface area contributed by atoms with Gasteiger partial charge < -0.3 is 29.3 Å². The first kappa shape index (κ1) is 27.0. The molecular formula is C22H23ClO6Si. The number of carboxylic acids is 2. The molecule has 0 aliphatic rings. The largest absolute Gasteiger partial charge is 1.01 e. The molecule has 6 nitrogen and oxygen atoms in total. The van der Waals surface area contributed by atoms with E-state index >= 15 is 0 Å². The Hall–Kier alpha value is -3.03. The summed E-state index contributed by atoms with van der Waals surface area (Å²) in [7, 11) is 0.714. The van der Waals surface area contributed by atoms with E-state index in [1.807, 2.05) is 18.2 Å². The van der Waals surface area contributed by atoms with E-state index in [2.05, 4.69) is 59.0 Å². The van der Waals surface area contributed by atoms with Crippen molar-refractivity contribution in [2.75, 3.05) is 13.2 Å². The van der Waals surface area contributed by atoms with E-state index in [1.54, 1.807) is 13.8 Å². The fourth-order valence-corrected chi connectivity index (χ4v) is 2.84. The normalized spacial score (nSPS) is 8.77. The second kappa shape index (κ2) is 15.8. The van der Waals surface area contributed by atoms with Gasteiger partial charge in [-0.3, -0.25) is 0 Å². The van der Waals surface area contributed by atoms with Crippen LogP contribution in [-0.2, 0) is 19.1 Å². The van der Waals surface area contributed by atoms with Crippen LogP contribution >= 0.6 is 11.6 Å². The number of hydrogen-bond donors (Lipinski definition) is 0. The minimum atomic E-state index is -1.35. The van der Waals surface area contributed by atoms with Gasteiger partial charge in [0.25, 0.3) is 0 Å². The molecule has 0 saturated heterocycles. The molecule has 0 spiro atoms. The second-order valence-corrected chi connectivity index (χ2v) is 7.13. The highest BCUT2D eigenvalue weighted by Gasteiger charge is 2.41. The summed E-state index contributed by atoms with van der Waals surface area (Å²) < 4.78 is 8.89. The fraction of sp³-hybridized carbons (Fsp3) is 0.182. The lowest BCUT2D eigenvalue weighted by Crippen LogP contribution is -2.26. The summed E-state index contributed by atoms with van der Waals surface area (Å²) in [5, 5.41) is 23.0. The quantitative estimate of drug-likeness (QED) is 0.334. The standard InChI is InChI=1S/C12H9ClSi.2C5H8O3/c13-10-6-8-12(9-7-10)14-11-4-2-1-3-5-11;2*1-3-8-4(2)5(6)7/h1-9H;2*2-3H2,1H3,(H,6,7)/q+2;;/p-2. The maximum absolute atomic E-state index is 9.75. The van der Waals surface area contributed by atoms with Gasteiger partial charge in [0.15, 0.2) is 0 Å². The Balaban J connectivity index is 0.000000456. The Kier molecular flexibility index (Phi) is 14.2. The summed E-state index contributed by atoms with van der Waals surface area (Å²) in [6.45, 7) is 10.1. The molecule has 2 rings (SSSR count). The van der Waals surface area contributed by atoms with Gasteiger partial charge in [-0.15, -0.1) is 0 Å². The third-order valence-corrected chi connectivity index (χ3v) is 4.50. The van der Waals surface area contributed by atoms with Gasteiger partial charge in [0, 0.05) is 29.3 Å². The lowest BCUT2D eigenvalue weighted by molar-refractivity contribution is -0.304. The second-order valence-electron chi connectivity index (χ2n) is 5.29. The molecule has 0 aliphatic heterocycles. The van der Waals surface area contributed by atoms with E-state index in [9.17, 15) is 19.8 Å². The number of carbonyl (C=O) groups excluding carboxylic acids is 2. The summed E-state index contributed by atoms with van der Waals surface area (Å²) in [5.74, 6) is -3.33. The Labute approximate surface area is 184 Å². The van der Waals surface area contributed by atoms with Gasteiger partial charge in [-0.1, -0.05) is 43.0 Å². The monoisotopic (exact) mass is 446 g/mol. The lowest BCUT2D eigenvalue weighted by atomic mass is 10.4. The van der Waals surface area contributed by atoms with Crippen molar-refractivity contribution in [1.29, 1.82) is 0 Å². The molecule has 0 bridgehead atoms. The zero-order valence-corrected chi connectivity index (χ0v) is 18.6. The molecule has 0 unspecified atom stereocenters. The Morgan fingerprint density at radius 3 is 1.57 bits per heavy atom.